The third-order valence-electron chi connectivity index (χ3n) is 2.42. The molecule has 1 aliphatic rings. The Morgan fingerprint density at radius 2 is 2.42 bits per heavy atom. The minimum atomic E-state index is -0.268. The maximum Gasteiger partial charge on any atom is 0.244 e. The van der Waals surface area contributed by atoms with Crippen molar-refractivity contribution < 1.29 is 4.79 Å². The van der Waals surface area contributed by atoms with Crippen molar-refractivity contribution in [2.45, 2.75) is 26.2 Å². The summed E-state index contributed by atoms with van der Waals surface area (Å²) in [6, 6.07) is 0. The van der Waals surface area contributed by atoms with Crippen LogP contribution in [0.15, 0.2) is 23.8 Å². The van der Waals surface area contributed by atoms with Gasteiger partial charge in [0.1, 0.15) is 0 Å². The number of primary amides is 1. The Bertz CT molecular complexity index is 240. The Morgan fingerprint density at radius 1 is 1.75 bits per heavy atom. The molecule has 1 aliphatic carbocycles. The molecule has 1 unspecified atom stereocenters. The van der Waals surface area contributed by atoms with E-state index in [0.29, 0.717) is 5.92 Å². The lowest BCUT2D eigenvalue weighted by Crippen LogP contribution is -2.18. The number of amides is 1. The van der Waals surface area contributed by atoms with E-state index in [9.17, 15) is 4.79 Å². The summed E-state index contributed by atoms with van der Waals surface area (Å²) in [4.78, 5) is 10.8. The Kier molecular flexibility index (Phi) is 2.69. The van der Waals surface area contributed by atoms with Gasteiger partial charge in [-0.1, -0.05) is 18.2 Å². The molecular formula is C10H15NO. The zero-order chi connectivity index (χ0) is 9.14. The van der Waals surface area contributed by atoms with Gasteiger partial charge in [0.2, 0.25) is 5.91 Å². The molecule has 1 rings (SSSR count). The van der Waals surface area contributed by atoms with Crippen molar-refractivity contribution in [3.05, 3.63) is 23.8 Å². The lowest BCUT2D eigenvalue weighted by molar-refractivity contribution is -0.114. The molecule has 2 nitrogen and oxygen atoms in total. The van der Waals surface area contributed by atoms with Gasteiger partial charge in [0.25, 0.3) is 0 Å². The molecule has 2 heteroatoms. The van der Waals surface area contributed by atoms with Crippen molar-refractivity contribution in [1.82, 2.24) is 0 Å². The van der Waals surface area contributed by atoms with Crippen LogP contribution >= 0.6 is 0 Å². The highest BCUT2D eigenvalue weighted by atomic mass is 16.1. The molecule has 0 spiro atoms. The first-order valence-corrected chi connectivity index (χ1v) is 4.25. The molecule has 1 amide bonds. The highest BCUT2D eigenvalue weighted by Gasteiger charge is 2.16. The number of carbonyl (C=O) groups is 1. The third kappa shape index (κ3) is 1.97. The van der Waals surface area contributed by atoms with Crippen LogP contribution in [0, 0.1) is 5.92 Å². The van der Waals surface area contributed by atoms with Gasteiger partial charge in [0.05, 0.1) is 0 Å². The van der Waals surface area contributed by atoms with Crippen LogP contribution in [0.3, 0.4) is 0 Å². The summed E-state index contributed by atoms with van der Waals surface area (Å²) in [7, 11) is 0. The van der Waals surface area contributed by atoms with Gasteiger partial charge < -0.3 is 5.73 Å². The molecule has 0 bridgehead atoms. The van der Waals surface area contributed by atoms with Gasteiger partial charge in [-0.25, -0.2) is 0 Å². The lowest BCUT2D eigenvalue weighted by atomic mass is 9.85. The van der Waals surface area contributed by atoms with Gasteiger partial charge in [-0.3, -0.25) is 4.79 Å². The maximum absolute atomic E-state index is 10.8. The number of hydrogen-bond donors (Lipinski definition) is 1. The SMILES string of the molecule is C=C(C)C1CC=C(C(N)=O)CC1. The summed E-state index contributed by atoms with van der Waals surface area (Å²) in [5, 5.41) is 0. The maximum atomic E-state index is 10.8. The summed E-state index contributed by atoms with van der Waals surface area (Å²) in [6.45, 7) is 5.94. The fourth-order valence-electron chi connectivity index (χ4n) is 1.51. The topological polar surface area (TPSA) is 43.1 Å². The largest absolute Gasteiger partial charge is 0.366 e. The first-order chi connectivity index (χ1) is 5.61. The van der Waals surface area contributed by atoms with Crippen molar-refractivity contribution in [3.63, 3.8) is 0 Å². The molecule has 0 aromatic heterocycles. The molecule has 12 heavy (non-hydrogen) atoms. The predicted molar refractivity (Wildman–Crippen MR) is 49.4 cm³/mol. The van der Waals surface area contributed by atoms with E-state index < -0.39 is 0 Å². The summed E-state index contributed by atoms with van der Waals surface area (Å²) < 4.78 is 0. The van der Waals surface area contributed by atoms with Crippen LogP contribution in [-0.2, 0) is 4.79 Å². The van der Waals surface area contributed by atoms with Crippen LogP contribution in [0.2, 0.25) is 0 Å². The average Bonchev–Trinajstić information content (AvgIpc) is 2.04. The minimum absolute atomic E-state index is 0.268. The van der Waals surface area contributed by atoms with E-state index in [1.165, 1.54) is 5.57 Å². The Hall–Kier alpha value is -1.05. The molecule has 0 saturated carbocycles. The molecule has 0 aliphatic heterocycles. The van der Waals surface area contributed by atoms with E-state index >= 15 is 0 Å². The fourth-order valence-corrected chi connectivity index (χ4v) is 1.51. The zero-order valence-corrected chi connectivity index (χ0v) is 7.47. The van der Waals surface area contributed by atoms with Crippen molar-refractivity contribution in [2.24, 2.45) is 11.7 Å². The van der Waals surface area contributed by atoms with Crippen LogP contribution in [0.25, 0.3) is 0 Å². The number of allylic oxidation sites excluding steroid dienone is 2. The molecule has 0 aromatic carbocycles. The Morgan fingerprint density at radius 3 is 2.75 bits per heavy atom. The van der Waals surface area contributed by atoms with E-state index in [1.54, 1.807) is 0 Å². The number of carbonyl (C=O) groups excluding carboxylic acids is 1. The monoisotopic (exact) mass is 165 g/mol. The average molecular weight is 165 g/mol. The number of nitrogens with two attached hydrogens (primary N) is 1. The van der Waals surface area contributed by atoms with Crippen LogP contribution < -0.4 is 5.73 Å². The fraction of sp³-hybridized carbons (Fsp3) is 0.500. The van der Waals surface area contributed by atoms with Crippen molar-refractivity contribution in [3.8, 4) is 0 Å². The normalized spacial score (nSPS) is 23.1. The molecule has 0 radical (unpaired) electrons. The third-order valence-corrected chi connectivity index (χ3v) is 2.42. The van der Waals surface area contributed by atoms with Crippen molar-refractivity contribution in [2.75, 3.05) is 0 Å². The highest BCUT2D eigenvalue weighted by Crippen LogP contribution is 2.27. The smallest absolute Gasteiger partial charge is 0.244 e. The van der Waals surface area contributed by atoms with E-state index in [2.05, 4.69) is 6.58 Å². The predicted octanol–water partition coefficient (Wildman–Crippen LogP) is 1.77. The van der Waals surface area contributed by atoms with Crippen molar-refractivity contribution >= 4 is 5.91 Å². The van der Waals surface area contributed by atoms with Crippen LogP contribution in [0.1, 0.15) is 26.2 Å². The summed E-state index contributed by atoms with van der Waals surface area (Å²) in [5.74, 6) is 0.281. The zero-order valence-electron chi connectivity index (χ0n) is 7.47. The molecule has 2 N–H and O–H groups in total. The molecule has 66 valence electrons. The van der Waals surface area contributed by atoms with Gasteiger partial charge >= 0.3 is 0 Å². The Labute approximate surface area is 73.1 Å². The quantitative estimate of drug-likeness (QED) is 0.623. The van der Waals surface area contributed by atoms with E-state index in [0.717, 1.165) is 24.8 Å². The van der Waals surface area contributed by atoms with Crippen molar-refractivity contribution in [1.29, 1.82) is 0 Å². The second-order valence-electron chi connectivity index (χ2n) is 3.41. The molecule has 0 aromatic rings. The van der Waals surface area contributed by atoms with Crippen LogP contribution in [0.4, 0.5) is 0 Å². The van der Waals surface area contributed by atoms with Gasteiger partial charge in [0.15, 0.2) is 0 Å². The first-order valence-electron chi connectivity index (χ1n) is 4.25. The molecule has 1 atom stereocenters. The summed E-state index contributed by atoms with van der Waals surface area (Å²) >= 11 is 0. The molecule has 0 heterocycles. The van der Waals surface area contributed by atoms with Gasteiger partial charge in [-0.05, 0) is 32.1 Å². The lowest BCUT2D eigenvalue weighted by Gasteiger charge is -2.20. The van der Waals surface area contributed by atoms with Gasteiger partial charge in [-0.15, -0.1) is 0 Å². The number of rotatable bonds is 2. The molecular weight excluding hydrogens is 150 g/mol. The van der Waals surface area contributed by atoms with E-state index in [1.807, 2.05) is 13.0 Å². The van der Waals surface area contributed by atoms with E-state index in [-0.39, 0.29) is 5.91 Å². The molecule has 0 saturated heterocycles. The van der Waals surface area contributed by atoms with Gasteiger partial charge in [0, 0.05) is 5.57 Å². The van der Waals surface area contributed by atoms with Crippen LogP contribution in [0.5, 0.6) is 0 Å². The first kappa shape index (κ1) is 9.04. The Balaban J connectivity index is 2.59. The van der Waals surface area contributed by atoms with Crippen LogP contribution in [-0.4, -0.2) is 5.91 Å². The second kappa shape index (κ2) is 3.57. The highest BCUT2D eigenvalue weighted by molar-refractivity contribution is 5.91. The minimum Gasteiger partial charge on any atom is -0.366 e. The second-order valence-corrected chi connectivity index (χ2v) is 3.41. The van der Waals surface area contributed by atoms with E-state index in [4.69, 9.17) is 5.73 Å². The summed E-state index contributed by atoms with van der Waals surface area (Å²) in [5.41, 5.74) is 7.15. The standard InChI is InChI=1S/C10H15NO/c1-7(2)8-3-5-9(6-4-8)10(11)12/h5,8H,1,3-4,6H2,2H3,(H2,11,12). The summed E-state index contributed by atoms with van der Waals surface area (Å²) in [6.07, 6.45) is 4.70. The number of hydrogen-bond acceptors (Lipinski definition) is 1. The molecule has 0 fully saturated rings. The van der Waals surface area contributed by atoms with Gasteiger partial charge in [-0.2, -0.15) is 0 Å².